The Labute approximate surface area is 112 Å². The molecule has 0 fully saturated rings. The smallest absolute Gasteiger partial charge is 0.276 e. The fourth-order valence-corrected chi connectivity index (χ4v) is 2.11. The van der Waals surface area contributed by atoms with Crippen molar-refractivity contribution in [1.82, 2.24) is 15.2 Å². The lowest BCUT2D eigenvalue weighted by atomic mass is 10.1. The average Bonchev–Trinajstić information content (AvgIpc) is 2.75. The van der Waals surface area contributed by atoms with Crippen LogP contribution in [0.4, 0.5) is 5.95 Å². The Kier molecular flexibility index (Phi) is 3.84. The number of hydrogen-bond acceptors (Lipinski definition) is 5. The van der Waals surface area contributed by atoms with Gasteiger partial charge in [0.15, 0.2) is 0 Å². The summed E-state index contributed by atoms with van der Waals surface area (Å²) in [5.41, 5.74) is 1.00. The maximum atomic E-state index is 11.5. The van der Waals surface area contributed by atoms with Gasteiger partial charge in [0.25, 0.3) is 5.95 Å². The van der Waals surface area contributed by atoms with Crippen molar-refractivity contribution in [1.29, 1.82) is 0 Å². The zero-order valence-corrected chi connectivity index (χ0v) is 11.9. The number of ether oxygens (including phenoxy) is 1. The van der Waals surface area contributed by atoms with E-state index in [-0.39, 0.29) is 5.95 Å². The molecule has 7 heteroatoms. The number of benzene rings is 1. The largest absolute Gasteiger partial charge is 0.496 e. The molecule has 0 aliphatic heterocycles. The highest BCUT2D eigenvalue weighted by Crippen LogP contribution is 2.20. The Morgan fingerprint density at radius 1 is 1.37 bits per heavy atom. The zero-order chi connectivity index (χ0) is 13.9. The first kappa shape index (κ1) is 13.5. The lowest BCUT2D eigenvalue weighted by Crippen LogP contribution is -1.95. The van der Waals surface area contributed by atoms with E-state index < -0.39 is 9.73 Å². The Balaban J connectivity index is 2.23. The average molecular weight is 280 g/mol. The highest BCUT2D eigenvalue weighted by molar-refractivity contribution is 7.92. The summed E-state index contributed by atoms with van der Waals surface area (Å²) in [7, 11) is -0.616. The first-order chi connectivity index (χ1) is 8.98. The molecule has 0 aliphatic carbocycles. The van der Waals surface area contributed by atoms with Crippen molar-refractivity contribution >= 4 is 15.7 Å². The van der Waals surface area contributed by atoms with Crippen LogP contribution in [0, 0.1) is 0 Å². The molecule has 0 aliphatic rings. The van der Waals surface area contributed by atoms with Gasteiger partial charge < -0.3 is 4.74 Å². The molecule has 1 heterocycles. The second kappa shape index (κ2) is 5.40. The number of rotatable bonds is 4. The maximum absolute atomic E-state index is 11.5. The number of methoxy groups -OCH3 is 1. The van der Waals surface area contributed by atoms with E-state index in [1.54, 1.807) is 19.6 Å². The molecular weight excluding hydrogens is 264 g/mol. The molecule has 0 spiro atoms. The van der Waals surface area contributed by atoms with E-state index in [4.69, 9.17) is 4.74 Å². The van der Waals surface area contributed by atoms with Gasteiger partial charge >= 0.3 is 0 Å². The van der Waals surface area contributed by atoms with Crippen LogP contribution >= 0.6 is 0 Å². The lowest BCUT2D eigenvalue weighted by molar-refractivity contribution is 0.410. The van der Waals surface area contributed by atoms with Crippen molar-refractivity contribution < 1.29 is 8.95 Å². The van der Waals surface area contributed by atoms with Crippen LogP contribution < -0.4 is 4.74 Å². The summed E-state index contributed by atoms with van der Waals surface area (Å²) in [5, 5.41) is 6.72. The topological polar surface area (TPSA) is 80.2 Å². The van der Waals surface area contributed by atoms with Crippen molar-refractivity contribution in [3.8, 4) is 5.75 Å². The van der Waals surface area contributed by atoms with E-state index in [0.717, 1.165) is 11.3 Å². The summed E-state index contributed by atoms with van der Waals surface area (Å²) in [6.07, 6.45) is 3.65. The number of para-hydroxylation sites is 1. The molecule has 1 aromatic heterocycles. The van der Waals surface area contributed by atoms with E-state index in [1.807, 2.05) is 24.3 Å². The van der Waals surface area contributed by atoms with Crippen LogP contribution in [-0.4, -0.2) is 39.0 Å². The first-order valence-corrected chi connectivity index (χ1v) is 8.01. The normalized spacial score (nSPS) is 11.3. The van der Waals surface area contributed by atoms with Gasteiger partial charge in [0, 0.05) is 34.2 Å². The van der Waals surface area contributed by atoms with Crippen LogP contribution in [0.15, 0.2) is 28.6 Å². The van der Waals surface area contributed by atoms with Gasteiger partial charge in [-0.25, -0.2) is 4.21 Å². The van der Waals surface area contributed by atoms with E-state index in [2.05, 4.69) is 19.5 Å². The molecule has 1 N–H and O–H groups in total. The monoisotopic (exact) mass is 280 g/mol. The molecule has 1 aromatic carbocycles. The second-order valence-corrected chi connectivity index (χ2v) is 6.89. The Morgan fingerprint density at radius 2 is 2.11 bits per heavy atom. The summed E-state index contributed by atoms with van der Waals surface area (Å²) in [6, 6.07) is 7.69. The van der Waals surface area contributed by atoms with Gasteiger partial charge in [-0.15, -0.1) is 5.10 Å². The molecule has 19 heavy (non-hydrogen) atoms. The van der Waals surface area contributed by atoms with Crippen molar-refractivity contribution in [2.75, 3.05) is 19.6 Å². The van der Waals surface area contributed by atoms with Crippen LogP contribution in [-0.2, 0) is 16.1 Å². The molecule has 0 amide bonds. The molecule has 102 valence electrons. The maximum Gasteiger partial charge on any atom is 0.276 e. The van der Waals surface area contributed by atoms with E-state index >= 15 is 0 Å². The predicted octanol–water partition coefficient (Wildman–Crippen LogP) is 1.76. The number of aromatic amines is 1. The van der Waals surface area contributed by atoms with Crippen LogP contribution in [0.5, 0.6) is 5.75 Å². The highest BCUT2D eigenvalue weighted by atomic mass is 32.2. The molecule has 0 radical (unpaired) electrons. The number of H-pyrrole nitrogens is 1. The Morgan fingerprint density at radius 3 is 2.79 bits per heavy atom. The van der Waals surface area contributed by atoms with E-state index in [0.29, 0.717) is 12.2 Å². The Hall–Kier alpha value is -1.89. The summed E-state index contributed by atoms with van der Waals surface area (Å²) < 4.78 is 20.8. The fourth-order valence-electron chi connectivity index (χ4n) is 1.63. The summed E-state index contributed by atoms with van der Waals surface area (Å²) in [5.74, 6) is 1.68. The quantitative estimate of drug-likeness (QED) is 0.925. The standard InChI is InChI=1S/C12H16N4O2S/c1-18-10-7-5-4-6-9(10)8-11-13-12(15-14-11)16-19(2,3)17/h4-7H,8H2,1-3H3,(H,13,14,15). The highest BCUT2D eigenvalue weighted by Gasteiger charge is 2.07. The van der Waals surface area contributed by atoms with Crippen LogP contribution in [0.1, 0.15) is 11.4 Å². The van der Waals surface area contributed by atoms with Gasteiger partial charge in [0.1, 0.15) is 11.6 Å². The molecule has 0 saturated carbocycles. The van der Waals surface area contributed by atoms with Crippen molar-refractivity contribution in [3.05, 3.63) is 35.7 Å². The number of nitrogens with zero attached hydrogens (tertiary/aromatic N) is 3. The van der Waals surface area contributed by atoms with Crippen LogP contribution in [0.25, 0.3) is 0 Å². The molecule has 2 rings (SSSR count). The van der Waals surface area contributed by atoms with Gasteiger partial charge in [-0.3, -0.25) is 5.10 Å². The van der Waals surface area contributed by atoms with Crippen LogP contribution in [0.3, 0.4) is 0 Å². The second-order valence-electron chi connectivity index (χ2n) is 4.34. The summed E-state index contributed by atoms with van der Waals surface area (Å²) in [6.45, 7) is 0. The molecule has 0 saturated heterocycles. The van der Waals surface area contributed by atoms with Gasteiger partial charge in [0.05, 0.1) is 7.11 Å². The van der Waals surface area contributed by atoms with E-state index in [1.165, 1.54) is 0 Å². The minimum atomic E-state index is -2.24. The third-order valence-electron chi connectivity index (χ3n) is 2.37. The molecule has 6 nitrogen and oxygen atoms in total. The first-order valence-electron chi connectivity index (χ1n) is 5.68. The van der Waals surface area contributed by atoms with Crippen molar-refractivity contribution in [2.45, 2.75) is 6.42 Å². The van der Waals surface area contributed by atoms with Crippen molar-refractivity contribution in [2.24, 2.45) is 4.36 Å². The predicted molar refractivity (Wildman–Crippen MR) is 74.3 cm³/mol. The molecule has 2 aromatic rings. The molecular formula is C12H16N4O2S. The summed E-state index contributed by atoms with van der Waals surface area (Å²) in [4.78, 5) is 4.20. The van der Waals surface area contributed by atoms with Gasteiger partial charge in [-0.1, -0.05) is 18.2 Å². The van der Waals surface area contributed by atoms with Crippen molar-refractivity contribution in [3.63, 3.8) is 0 Å². The molecule has 0 atom stereocenters. The number of aromatic nitrogens is 3. The third-order valence-corrected chi connectivity index (χ3v) is 2.97. The minimum absolute atomic E-state index is 0.222. The van der Waals surface area contributed by atoms with Gasteiger partial charge in [-0.05, 0) is 6.07 Å². The van der Waals surface area contributed by atoms with Crippen LogP contribution in [0.2, 0.25) is 0 Å². The number of nitrogens with one attached hydrogen (secondary N) is 1. The minimum Gasteiger partial charge on any atom is -0.496 e. The fraction of sp³-hybridized carbons (Fsp3) is 0.333. The van der Waals surface area contributed by atoms with Gasteiger partial charge in [0.2, 0.25) is 0 Å². The molecule has 0 bridgehead atoms. The zero-order valence-electron chi connectivity index (χ0n) is 11.1. The van der Waals surface area contributed by atoms with E-state index in [9.17, 15) is 4.21 Å². The number of hydrogen-bond donors (Lipinski definition) is 1. The van der Waals surface area contributed by atoms with Gasteiger partial charge in [-0.2, -0.15) is 9.35 Å². The SMILES string of the molecule is COc1ccccc1Cc1nc(N=S(C)(C)=O)n[nH]1. The molecule has 0 unspecified atom stereocenters. The third kappa shape index (κ3) is 3.78. The lowest BCUT2D eigenvalue weighted by Gasteiger charge is -2.05. The Bertz CT molecular complexity index is 679. The summed E-state index contributed by atoms with van der Waals surface area (Å²) >= 11 is 0.